The minimum absolute atomic E-state index is 0.0495. The van der Waals surface area contributed by atoms with E-state index in [4.69, 9.17) is 0 Å². The van der Waals surface area contributed by atoms with Gasteiger partial charge in [-0.1, -0.05) is 35.9 Å². The van der Waals surface area contributed by atoms with E-state index < -0.39 is 0 Å². The van der Waals surface area contributed by atoms with Crippen LogP contribution >= 0.6 is 0 Å². The molecule has 1 atom stereocenters. The van der Waals surface area contributed by atoms with Crippen molar-refractivity contribution in [3.8, 4) is 0 Å². The Labute approximate surface area is 149 Å². The Kier molecular flexibility index (Phi) is 4.88. The first kappa shape index (κ1) is 17.2. The fourth-order valence-corrected chi connectivity index (χ4v) is 3.47. The maximum absolute atomic E-state index is 12.8. The van der Waals surface area contributed by atoms with Crippen molar-refractivity contribution in [2.45, 2.75) is 39.7 Å². The third-order valence-electron chi connectivity index (χ3n) is 4.75. The van der Waals surface area contributed by atoms with Gasteiger partial charge in [0, 0.05) is 37.3 Å². The van der Waals surface area contributed by atoms with Crippen LogP contribution in [0.4, 0.5) is 11.4 Å². The van der Waals surface area contributed by atoms with Crippen molar-refractivity contribution in [2.24, 2.45) is 0 Å². The largest absolute Gasteiger partial charge is 0.312 e. The quantitative estimate of drug-likeness (QED) is 0.854. The van der Waals surface area contributed by atoms with Crippen molar-refractivity contribution in [2.75, 3.05) is 16.3 Å². The summed E-state index contributed by atoms with van der Waals surface area (Å²) in [6.45, 7) is 6.01. The van der Waals surface area contributed by atoms with Crippen molar-refractivity contribution in [3.63, 3.8) is 0 Å². The number of nitrogens with zero attached hydrogens (tertiary/aromatic N) is 2. The van der Waals surface area contributed by atoms with E-state index >= 15 is 0 Å². The minimum Gasteiger partial charge on any atom is -0.312 e. The molecule has 0 saturated heterocycles. The van der Waals surface area contributed by atoms with Crippen molar-refractivity contribution in [3.05, 3.63) is 59.7 Å². The maximum Gasteiger partial charge on any atom is 0.229 e. The van der Waals surface area contributed by atoms with Crippen molar-refractivity contribution >= 4 is 23.2 Å². The second-order valence-electron chi connectivity index (χ2n) is 6.70. The van der Waals surface area contributed by atoms with Gasteiger partial charge < -0.3 is 9.80 Å². The fraction of sp³-hybridized carbons (Fsp3) is 0.333. The second kappa shape index (κ2) is 7.09. The Hall–Kier alpha value is -2.62. The van der Waals surface area contributed by atoms with Gasteiger partial charge in [0.05, 0.1) is 0 Å². The van der Waals surface area contributed by atoms with Gasteiger partial charge in [0.15, 0.2) is 0 Å². The Morgan fingerprint density at radius 3 is 2.48 bits per heavy atom. The van der Waals surface area contributed by atoms with E-state index in [0.29, 0.717) is 13.0 Å². The molecule has 2 aromatic carbocycles. The van der Waals surface area contributed by atoms with Gasteiger partial charge in [0.2, 0.25) is 11.8 Å². The lowest BCUT2D eigenvalue weighted by atomic mass is 10.1. The highest BCUT2D eigenvalue weighted by atomic mass is 16.2. The molecule has 1 heterocycles. The summed E-state index contributed by atoms with van der Waals surface area (Å²) in [7, 11) is 0. The van der Waals surface area contributed by atoms with Crippen molar-refractivity contribution < 1.29 is 9.59 Å². The standard InChI is InChI=1S/C21H24N2O2/c1-15-8-10-19(11-9-15)22(17(3)24)13-12-21(25)23-16(2)14-18-6-4-5-7-20(18)23/h4-11,16H,12-14H2,1-3H3. The van der Waals surface area contributed by atoms with E-state index in [1.807, 2.05) is 54.3 Å². The van der Waals surface area contributed by atoms with E-state index in [0.717, 1.165) is 23.4 Å². The number of rotatable bonds is 4. The van der Waals surface area contributed by atoms with Crippen LogP contribution in [-0.2, 0) is 16.0 Å². The maximum atomic E-state index is 12.8. The van der Waals surface area contributed by atoms with Crippen LogP contribution in [0.3, 0.4) is 0 Å². The lowest BCUT2D eigenvalue weighted by molar-refractivity contribution is -0.119. The molecule has 0 aromatic heterocycles. The normalized spacial score (nSPS) is 15.8. The molecule has 0 spiro atoms. The average Bonchev–Trinajstić information content (AvgIpc) is 2.92. The zero-order valence-electron chi connectivity index (χ0n) is 15.0. The predicted octanol–water partition coefficient (Wildman–Crippen LogP) is 3.72. The van der Waals surface area contributed by atoms with Gasteiger partial charge >= 0.3 is 0 Å². The smallest absolute Gasteiger partial charge is 0.229 e. The van der Waals surface area contributed by atoms with Crippen LogP contribution in [-0.4, -0.2) is 24.4 Å². The first-order valence-corrected chi connectivity index (χ1v) is 8.72. The van der Waals surface area contributed by atoms with Crippen LogP contribution in [0.2, 0.25) is 0 Å². The van der Waals surface area contributed by atoms with Crippen LogP contribution < -0.4 is 9.80 Å². The Morgan fingerprint density at radius 1 is 1.12 bits per heavy atom. The number of carbonyl (C=O) groups is 2. The molecule has 4 heteroatoms. The van der Waals surface area contributed by atoms with Gasteiger partial charge in [0.1, 0.15) is 0 Å². The minimum atomic E-state index is -0.0495. The van der Waals surface area contributed by atoms with Gasteiger partial charge in [-0.25, -0.2) is 0 Å². The molecule has 2 aromatic rings. The summed E-state index contributed by atoms with van der Waals surface area (Å²) in [5.74, 6) is 0.0161. The van der Waals surface area contributed by atoms with Crippen molar-refractivity contribution in [1.82, 2.24) is 0 Å². The number of hydrogen-bond donors (Lipinski definition) is 0. The summed E-state index contributed by atoms with van der Waals surface area (Å²) in [4.78, 5) is 28.4. The molecule has 1 aliphatic heterocycles. The highest BCUT2D eigenvalue weighted by Crippen LogP contribution is 2.32. The summed E-state index contributed by atoms with van der Waals surface area (Å²) < 4.78 is 0. The van der Waals surface area contributed by atoms with Gasteiger partial charge in [-0.15, -0.1) is 0 Å². The first-order chi connectivity index (χ1) is 12.0. The summed E-state index contributed by atoms with van der Waals surface area (Å²) >= 11 is 0. The number of benzene rings is 2. The molecule has 4 nitrogen and oxygen atoms in total. The van der Waals surface area contributed by atoms with E-state index in [-0.39, 0.29) is 17.9 Å². The molecular formula is C21H24N2O2. The molecule has 1 aliphatic rings. The summed E-state index contributed by atoms with van der Waals surface area (Å²) in [5, 5.41) is 0. The summed E-state index contributed by atoms with van der Waals surface area (Å²) in [6, 6.07) is 16.0. The molecule has 0 saturated carbocycles. The average molecular weight is 336 g/mol. The number of anilines is 2. The second-order valence-corrected chi connectivity index (χ2v) is 6.70. The van der Waals surface area contributed by atoms with E-state index in [2.05, 4.69) is 13.0 Å². The lowest BCUT2D eigenvalue weighted by Crippen LogP contribution is -2.39. The lowest BCUT2D eigenvalue weighted by Gasteiger charge is -2.26. The SMILES string of the molecule is CC(=O)N(CCC(=O)N1c2ccccc2CC1C)c1ccc(C)cc1. The molecule has 0 N–H and O–H groups in total. The van der Waals surface area contributed by atoms with Crippen LogP contribution in [0.5, 0.6) is 0 Å². The van der Waals surface area contributed by atoms with Crippen LogP contribution in [0.1, 0.15) is 31.4 Å². The van der Waals surface area contributed by atoms with Gasteiger partial charge in [0.25, 0.3) is 0 Å². The third-order valence-corrected chi connectivity index (χ3v) is 4.75. The molecular weight excluding hydrogens is 312 g/mol. The summed E-state index contributed by atoms with van der Waals surface area (Å²) in [6.07, 6.45) is 1.20. The zero-order chi connectivity index (χ0) is 18.0. The first-order valence-electron chi connectivity index (χ1n) is 8.72. The topological polar surface area (TPSA) is 40.6 Å². The van der Waals surface area contributed by atoms with Crippen LogP contribution in [0, 0.1) is 6.92 Å². The zero-order valence-corrected chi connectivity index (χ0v) is 15.0. The predicted molar refractivity (Wildman–Crippen MR) is 101 cm³/mol. The Balaban J connectivity index is 1.72. The highest BCUT2D eigenvalue weighted by Gasteiger charge is 2.30. The highest BCUT2D eigenvalue weighted by molar-refractivity contribution is 5.98. The Morgan fingerprint density at radius 2 is 1.80 bits per heavy atom. The fourth-order valence-electron chi connectivity index (χ4n) is 3.47. The number of carbonyl (C=O) groups excluding carboxylic acids is 2. The molecule has 0 aliphatic carbocycles. The third kappa shape index (κ3) is 3.58. The van der Waals surface area contributed by atoms with E-state index in [1.54, 1.807) is 4.90 Å². The number of fused-ring (bicyclic) bond motifs is 1. The monoisotopic (exact) mass is 336 g/mol. The molecule has 25 heavy (non-hydrogen) atoms. The van der Waals surface area contributed by atoms with E-state index in [1.165, 1.54) is 12.5 Å². The van der Waals surface area contributed by atoms with Gasteiger partial charge in [-0.3, -0.25) is 9.59 Å². The number of para-hydroxylation sites is 1. The van der Waals surface area contributed by atoms with Crippen LogP contribution in [0.25, 0.3) is 0 Å². The number of amides is 2. The summed E-state index contributed by atoms with van der Waals surface area (Å²) in [5.41, 5.74) is 4.20. The van der Waals surface area contributed by atoms with Crippen molar-refractivity contribution in [1.29, 1.82) is 0 Å². The molecule has 0 fully saturated rings. The molecule has 1 unspecified atom stereocenters. The number of aryl methyl sites for hydroxylation is 1. The van der Waals surface area contributed by atoms with Crippen LogP contribution in [0.15, 0.2) is 48.5 Å². The molecule has 0 radical (unpaired) electrons. The van der Waals surface area contributed by atoms with Gasteiger partial charge in [-0.05, 0) is 44.0 Å². The number of hydrogen-bond acceptors (Lipinski definition) is 2. The van der Waals surface area contributed by atoms with E-state index in [9.17, 15) is 9.59 Å². The van der Waals surface area contributed by atoms with Gasteiger partial charge in [-0.2, -0.15) is 0 Å². The Bertz CT molecular complexity index is 783. The molecule has 0 bridgehead atoms. The molecule has 2 amide bonds. The molecule has 130 valence electrons. The molecule has 3 rings (SSSR count).